The van der Waals surface area contributed by atoms with Crippen LogP contribution in [0.1, 0.15) is 12.8 Å². The number of carbonyl (C=O) groups is 3. The normalized spacial score (nSPS) is 27.4. The molecule has 0 radical (unpaired) electrons. The van der Waals surface area contributed by atoms with Crippen LogP contribution in [0.3, 0.4) is 0 Å². The third-order valence-corrected chi connectivity index (χ3v) is 4.23. The molecule has 0 aliphatic carbocycles. The first-order chi connectivity index (χ1) is 10.6. The maximum atomic E-state index is 12.1. The van der Waals surface area contributed by atoms with E-state index in [1.54, 1.807) is 4.90 Å². The topological polar surface area (TPSA) is 114 Å². The van der Waals surface area contributed by atoms with E-state index in [1.807, 2.05) is 0 Å². The summed E-state index contributed by atoms with van der Waals surface area (Å²) in [6.45, 7) is 2.14. The van der Waals surface area contributed by atoms with E-state index in [9.17, 15) is 19.6 Å². The zero-order valence-corrected chi connectivity index (χ0v) is 12.0. The summed E-state index contributed by atoms with van der Waals surface area (Å²) in [7, 11) is 0. The second-order valence-corrected chi connectivity index (χ2v) is 5.56. The van der Waals surface area contributed by atoms with Crippen molar-refractivity contribution in [1.29, 1.82) is 0 Å². The van der Waals surface area contributed by atoms with Gasteiger partial charge in [-0.2, -0.15) is 0 Å². The lowest BCUT2D eigenvalue weighted by molar-refractivity contribution is -0.139. The van der Waals surface area contributed by atoms with Crippen LogP contribution in [0.2, 0.25) is 0 Å². The van der Waals surface area contributed by atoms with Crippen LogP contribution in [0.15, 0.2) is 0 Å². The van der Waals surface area contributed by atoms with E-state index in [-0.39, 0.29) is 18.7 Å². The Morgan fingerprint density at radius 1 is 1.41 bits per heavy atom. The molecule has 0 spiro atoms. The maximum Gasteiger partial charge on any atom is 0.344 e. The Hall–Kier alpha value is -2.07. The number of hydrogen-bond acceptors (Lipinski definition) is 5. The highest BCUT2D eigenvalue weighted by Crippen LogP contribution is 2.28. The van der Waals surface area contributed by atoms with Crippen molar-refractivity contribution >= 4 is 18.0 Å². The van der Waals surface area contributed by atoms with Crippen LogP contribution < -0.4 is 10.8 Å². The lowest BCUT2D eigenvalue weighted by atomic mass is 10.0. The van der Waals surface area contributed by atoms with Crippen molar-refractivity contribution in [2.45, 2.75) is 24.9 Å². The van der Waals surface area contributed by atoms with Gasteiger partial charge in [0.05, 0.1) is 12.6 Å². The fourth-order valence-electron chi connectivity index (χ4n) is 2.99. The number of nitrogens with zero attached hydrogens (tertiary/aromatic N) is 3. The van der Waals surface area contributed by atoms with Crippen molar-refractivity contribution in [2.24, 2.45) is 0 Å². The molecule has 10 heteroatoms. The molecular formula is C12H19N5O5. The van der Waals surface area contributed by atoms with Gasteiger partial charge in [0, 0.05) is 26.2 Å². The molecule has 3 heterocycles. The zero-order chi connectivity index (χ0) is 15.7. The van der Waals surface area contributed by atoms with Crippen LogP contribution in [0.5, 0.6) is 0 Å². The molecule has 0 unspecified atom stereocenters. The molecule has 3 aliphatic rings. The Labute approximate surface area is 126 Å². The predicted molar refractivity (Wildman–Crippen MR) is 71.6 cm³/mol. The number of fused-ring (bicyclic) bond motifs is 2. The van der Waals surface area contributed by atoms with Gasteiger partial charge in [0.25, 0.3) is 5.91 Å². The van der Waals surface area contributed by atoms with Gasteiger partial charge in [-0.05, 0) is 12.8 Å². The van der Waals surface area contributed by atoms with E-state index in [0.717, 1.165) is 0 Å². The van der Waals surface area contributed by atoms with E-state index >= 15 is 0 Å². The number of urea groups is 2. The lowest BCUT2D eigenvalue weighted by Crippen LogP contribution is -2.50. The molecule has 2 bridgehead atoms. The minimum absolute atomic E-state index is 0.140. The summed E-state index contributed by atoms with van der Waals surface area (Å²) in [5.74, 6) is -0.409. The molecule has 10 nitrogen and oxygen atoms in total. The summed E-state index contributed by atoms with van der Waals surface area (Å²) < 4.78 is 0. The Morgan fingerprint density at radius 3 is 2.95 bits per heavy atom. The first kappa shape index (κ1) is 14.9. The van der Waals surface area contributed by atoms with E-state index < -0.39 is 18.0 Å². The number of hydroxylamine groups is 3. The number of hydrogen-bond donors (Lipinski definition) is 3. The Bertz CT molecular complexity index is 487. The molecule has 0 saturated carbocycles. The molecule has 3 aliphatic heterocycles. The van der Waals surface area contributed by atoms with Crippen LogP contribution in [0, 0.1) is 0 Å². The number of carbonyl (C=O) groups excluding carboxylic acids is 3. The van der Waals surface area contributed by atoms with Gasteiger partial charge in [-0.25, -0.2) is 20.1 Å². The highest BCUT2D eigenvalue weighted by Gasteiger charge is 2.46. The van der Waals surface area contributed by atoms with E-state index in [0.29, 0.717) is 44.1 Å². The molecule has 0 aromatic carbocycles. The van der Waals surface area contributed by atoms with Crippen LogP contribution in [-0.4, -0.2) is 82.9 Å². The lowest BCUT2D eigenvalue weighted by Gasteiger charge is -2.28. The van der Waals surface area contributed by atoms with Crippen LogP contribution in [0.4, 0.5) is 9.59 Å². The van der Waals surface area contributed by atoms with Gasteiger partial charge in [-0.15, -0.1) is 0 Å². The number of amides is 5. The van der Waals surface area contributed by atoms with E-state index in [1.165, 1.54) is 4.90 Å². The second-order valence-electron chi connectivity index (χ2n) is 5.56. The highest BCUT2D eigenvalue weighted by atomic mass is 16.7. The van der Waals surface area contributed by atoms with Crippen molar-refractivity contribution in [3.8, 4) is 0 Å². The third-order valence-electron chi connectivity index (χ3n) is 4.23. The van der Waals surface area contributed by atoms with Gasteiger partial charge >= 0.3 is 12.1 Å². The maximum absolute atomic E-state index is 12.1. The van der Waals surface area contributed by atoms with E-state index in [2.05, 4.69) is 10.8 Å². The minimum atomic E-state index is -0.629. The number of rotatable bonds is 5. The quantitative estimate of drug-likeness (QED) is 0.332. The Balaban J connectivity index is 1.42. The summed E-state index contributed by atoms with van der Waals surface area (Å²) in [6.07, 6.45) is 1.06. The van der Waals surface area contributed by atoms with Gasteiger partial charge in [0.15, 0.2) is 0 Å². The fraction of sp³-hybridized carbons (Fsp3) is 0.750. The van der Waals surface area contributed by atoms with Crippen LogP contribution in [-0.2, 0) is 9.63 Å². The van der Waals surface area contributed by atoms with Crippen molar-refractivity contribution in [3.05, 3.63) is 0 Å². The summed E-state index contributed by atoms with van der Waals surface area (Å²) in [4.78, 5) is 43.2. The van der Waals surface area contributed by atoms with Gasteiger partial charge in [0.2, 0.25) is 0 Å². The SMILES string of the molecule is O=C(NOCCN1CCNC1=O)[C@@H]1CC[C@@H]2CN1C(=O)N2O. The first-order valence-corrected chi connectivity index (χ1v) is 7.31. The summed E-state index contributed by atoms with van der Waals surface area (Å²) in [5, 5.41) is 12.9. The fourth-order valence-corrected chi connectivity index (χ4v) is 2.99. The third kappa shape index (κ3) is 2.66. The van der Waals surface area contributed by atoms with Gasteiger partial charge in [-0.3, -0.25) is 14.8 Å². The van der Waals surface area contributed by atoms with Crippen LogP contribution in [0.25, 0.3) is 0 Å². The molecule has 3 fully saturated rings. The molecule has 0 aromatic heterocycles. The molecule has 0 aromatic rings. The smallest absolute Gasteiger partial charge is 0.336 e. The Morgan fingerprint density at radius 2 is 2.23 bits per heavy atom. The number of nitrogens with one attached hydrogen (secondary N) is 2. The van der Waals surface area contributed by atoms with Crippen molar-refractivity contribution in [1.82, 2.24) is 25.7 Å². The molecule has 3 saturated heterocycles. The monoisotopic (exact) mass is 313 g/mol. The predicted octanol–water partition coefficient (Wildman–Crippen LogP) is -1.28. The summed E-state index contributed by atoms with van der Waals surface area (Å²) in [6, 6.07) is -1.54. The molecule has 3 N–H and O–H groups in total. The van der Waals surface area contributed by atoms with Crippen molar-refractivity contribution < 1.29 is 24.4 Å². The standard InChI is InChI=1S/C12H19N5O5/c18-10(14-22-6-5-15-4-3-13-11(15)19)9-2-1-8-7-16(9)12(20)17(8)21/h8-9,21H,1-7H2,(H,13,19)(H,14,18)/t8-,9+/m1/s1. The molecule has 5 amide bonds. The molecule has 22 heavy (non-hydrogen) atoms. The summed E-state index contributed by atoms with van der Waals surface area (Å²) in [5.41, 5.74) is 2.32. The largest absolute Gasteiger partial charge is 0.344 e. The van der Waals surface area contributed by atoms with Crippen LogP contribution >= 0.6 is 0 Å². The minimum Gasteiger partial charge on any atom is -0.336 e. The average molecular weight is 313 g/mol. The molecular weight excluding hydrogens is 294 g/mol. The molecule has 3 rings (SSSR count). The second kappa shape index (κ2) is 5.97. The molecule has 2 atom stereocenters. The molecule has 122 valence electrons. The highest BCUT2D eigenvalue weighted by molar-refractivity contribution is 5.87. The van der Waals surface area contributed by atoms with Gasteiger partial charge < -0.3 is 15.1 Å². The van der Waals surface area contributed by atoms with Crippen molar-refractivity contribution in [2.75, 3.05) is 32.8 Å². The summed E-state index contributed by atoms with van der Waals surface area (Å²) >= 11 is 0. The Kier molecular flexibility index (Phi) is 4.03. The van der Waals surface area contributed by atoms with Crippen molar-refractivity contribution in [3.63, 3.8) is 0 Å². The zero-order valence-electron chi connectivity index (χ0n) is 12.0. The number of piperidine rings is 1. The average Bonchev–Trinajstić information content (AvgIpc) is 3.02. The van der Waals surface area contributed by atoms with E-state index in [4.69, 9.17) is 4.84 Å². The van der Waals surface area contributed by atoms with Gasteiger partial charge in [-0.1, -0.05) is 0 Å². The van der Waals surface area contributed by atoms with Gasteiger partial charge in [0.1, 0.15) is 6.04 Å². The first-order valence-electron chi connectivity index (χ1n) is 7.31.